The van der Waals surface area contributed by atoms with Crippen molar-refractivity contribution in [2.45, 2.75) is 206 Å². The number of unbranched alkanes of at least 4 members (excludes halogenated alkanes) is 19. The number of hydrogen-bond donors (Lipinski definition) is 1. The fraction of sp³-hybridized carbons (Fsp3) is 0.756. The van der Waals surface area contributed by atoms with E-state index in [2.05, 4.69) is 72.3 Å². The smallest absolute Gasteiger partial charge is 0.165 e. The summed E-state index contributed by atoms with van der Waals surface area (Å²) in [5.41, 5.74) is 1.30. The molecule has 1 aliphatic rings. The summed E-state index contributed by atoms with van der Waals surface area (Å²) >= 11 is 0. The van der Waals surface area contributed by atoms with E-state index in [4.69, 9.17) is 4.74 Å². The molecule has 1 saturated heterocycles. The van der Waals surface area contributed by atoms with E-state index in [9.17, 15) is 5.11 Å². The largest absolute Gasteiger partial charge is 0.365 e. The molecule has 0 spiro atoms. The fourth-order valence-corrected chi connectivity index (χ4v) is 7.01. The average molecular weight is 679 g/mol. The summed E-state index contributed by atoms with van der Waals surface area (Å²) in [5, 5.41) is 11.8. The number of likely N-dealkylation sites (tertiary alicyclic amines) is 1. The molecule has 4 heteroatoms. The van der Waals surface area contributed by atoms with Crippen LogP contribution in [0.25, 0.3) is 0 Å². The molecule has 0 aliphatic carbocycles. The van der Waals surface area contributed by atoms with Crippen molar-refractivity contribution in [1.82, 2.24) is 9.88 Å². The third-order valence-corrected chi connectivity index (χ3v) is 10.1. The third-order valence-electron chi connectivity index (χ3n) is 10.1. The summed E-state index contributed by atoms with van der Waals surface area (Å²) in [5.74, 6) is -0.978. The third kappa shape index (κ3) is 24.9. The molecule has 1 fully saturated rings. The van der Waals surface area contributed by atoms with E-state index in [0.717, 1.165) is 58.2 Å². The Hall–Kier alpha value is -1.75. The van der Waals surface area contributed by atoms with Gasteiger partial charge in [0.1, 0.15) is 0 Å². The topological polar surface area (TPSA) is 45.6 Å². The Balaban J connectivity index is 1.62. The minimum atomic E-state index is -0.978. The molecule has 0 bridgehead atoms. The van der Waals surface area contributed by atoms with Crippen LogP contribution in [0.2, 0.25) is 0 Å². The molecule has 2 heterocycles. The summed E-state index contributed by atoms with van der Waals surface area (Å²) in [6.07, 6.45) is 50.8. The maximum atomic E-state index is 11.8. The summed E-state index contributed by atoms with van der Waals surface area (Å²) in [7, 11) is 0. The molecular formula is C45H78N2O2. The molecule has 1 aliphatic heterocycles. The highest BCUT2D eigenvalue weighted by atomic mass is 16.6. The zero-order chi connectivity index (χ0) is 34.9. The van der Waals surface area contributed by atoms with E-state index >= 15 is 0 Å². The Bertz CT molecular complexity index is 945. The fourth-order valence-electron chi connectivity index (χ4n) is 7.01. The van der Waals surface area contributed by atoms with Crippen LogP contribution in [-0.2, 0) is 11.3 Å². The Morgan fingerprint density at radius 3 is 1.67 bits per heavy atom. The number of nitrogens with zero attached hydrogens (tertiary/aromatic N) is 2. The van der Waals surface area contributed by atoms with Crippen LogP contribution in [0.5, 0.6) is 0 Å². The molecule has 1 aromatic rings. The second kappa shape index (κ2) is 31.0. The maximum Gasteiger partial charge on any atom is 0.165 e. The SMILES string of the molecule is CCCC/C=C/C/C=C\CCCCCCCCC(O)(CCCCCCCC/C=C\CCCCCCC)OC1CCN(Cc2ccncc2)C1. The highest BCUT2D eigenvalue weighted by molar-refractivity contribution is 5.09. The number of rotatable bonds is 33. The number of allylic oxidation sites excluding steroid dienone is 6. The van der Waals surface area contributed by atoms with Crippen LogP contribution in [0.15, 0.2) is 61.0 Å². The van der Waals surface area contributed by atoms with E-state index in [1.165, 1.54) is 140 Å². The van der Waals surface area contributed by atoms with Crippen LogP contribution in [0.3, 0.4) is 0 Å². The first-order valence-electron chi connectivity index (χ1n) is 21.1. The highest BCUT2D eigenvalue weighted by Gasteiger charge is 2.33. The molecule has 1 aromatic heterocycles. The first-order chi connectivity index (χ1) is 24.1. The van der Waals surface area contributed by atoms with E-state index < -0.39 is 5.79 Å². The van der Waals surface area contributed by atoms with Crippen LogP contribution in [0.1, 0.15) is 193 Å². The molecule has 0 aromatic carbocycles. The Morgan fingerprint density at radius 2 is 1.12 bits per heavy atom. The van der Waals surface area contributed by atoms with E-state index in [1.54, 1.807) is 0 Å². The van der Waals surface area contributed by atoms with Gasteiger partial charge in [0.2, 0.25) is 0 Å². The van der Waals surface area contributed by atoms with Gasteiger partial charge >= 0.3 is 0 Å². The molecule has 4 nitrogen and oxygen atoms in total. The van der Waals surface area contributed by atoms with Gasteiger partial charge in [0.25, 0.3) is 0 Å². The normalized spacial score (nSPS) is 16.9. The number of hydrogen-bond acceptors (Lipinski definition) is 4. The Morgan fingerprint density at radius 1 is 0.653 bits per heavy atom. The van der Waals surface area contributed by atoms with Gasteiger partial charge in [0, 0.05) is 44.9 Å². The lowest BCUT2D eigenvalue weighted by Gasteiger charge is -2.32. The molecule has 0 radical (unpaired) electrons. The van der Waals surface area contributed by atoms with Gasteiger partial charge in [0.05, 0.1) is 6.10 Å². The van der Waals surface area contributed by atoms with Gasteiger partial charge < -0.3 is 9.84 Å². The quantitative estimate of drug-likeness (QED) is 0.0456. The van der Waals surface area contributed by atoms with Gasteiger partial charge in [0.15, 0.2) is 5.79 Å². The van der Waals surface area contributed by atoms with Gasteiger partial charge in [-0.15, -0.1) is 0 Å². The number of aliphatic hydroxyl groups is 1. The van der Waals surface area contributed by atoms with E-state index in [-0.39, 0.29) is 6.10 Å². The van der Waals surface area contributed by atoms with E-state index in [1.807, 2.05) is 12.4 Å². The van der Waals surface area contributed by atoms with Crippen LogP contribution in [-0.4, -0.2) is 40.0 Å². The van der Waals surface area contributed by atoms with Crippen molar-refractivity contribution in [3.63, 3.8) is 0 Å². The molecule has 0 amide bonds. The van der Waals surface area contributed by atoms with Crippen molar-refractivity contribution >= 4 is 0 Å². The minimum absolute atomic E-state index is 0.121. The molecule has 2 unspecified atom stereocenters. The summed E-state index contributed by atoms with van der Waals surface area (Å²) in [6.45, 7) is 7.40. The van der Waals surface area contributed by atoms with Crippen molar-refractivity contribution in [1.29, 1.82) is 0 Å². The first kappa shape index (κ1) is 43.4. The lowest BCUT2D eigenvalue weighted by Crippen LogP contribution is -2.38. The van der Waals surface area contributed by atoms with Crippen LogP contribution in [0, 0.1) is 0 Å². The zero-order valence-corrected chi connectivity index (χ0v) is 32.3. The van der Waals surface area contributed by atoms with E-state index in [0.29, 0.717) is 0 Å². The molecule has 49 heavy (non-hydrogen) atoms. The number of ether oxygens (including phenoxy) is 1. The standard InChI is InChI=1S/C45H78N2O2/c1-3-5-7-9-11-13-15-17-19-21-23-25-27-29-31-36-45(48,49-44-35-40-47(42-44)41-43-33-38-46-39-34-43)37-32-30-28-26-24-22-20-18-16-14-12-10-8-6-4-2/h9,11,15-18,33-34,38-39,44,48H,3-8,10,12-14,19-32,35-37,40-42H2,1-2H3/b11-9+,17-15-,18-16-. The van der Waals surface area contributed by atoms with Crippen molar-refractivity contribution in [2.75, 3.05) is 13.1 Å². The van der Waals surface area contributed by atoms with Crippen molar-refractivity contribution in [3.8, 4) is 0 Å². The predicted molar refractivity (Wildman–Crippen MR) is 213 cm³/mol. The van der Waals surface area contributed by atoms with Gasteiger partial charge in [-0.2, -0.15) is 0 Å². The van der Waals surface area contributed by atoms with Crippen molar-refractivity contribution in [2.24, 2.45) is 0 Å². The summed E-state index contributed by atoms with van der Waals surface area (Å²) < 4.78 is 6.59. The van der Waals surface area contributed by atoms with Gasteiger partial charge in [-0.3, -0.25) is 9.88 Å². The monoisotopic (exact) mass is 679 g/mol. The molecule has 0 saturated carbocycles. The minimum Gasteiger partial charge on any atom is -0.365 e. The summed E-state index contributed by atoms with van der Waals surface area (Å²) in [6, 6.07) is 4.20. The van der Waals surface area contributed by atoms with Gasteiger partial charge in [-0.05, 0) is 88.3 Å². The van der Waals surface area contributed by atoms with Gasteiger partial charge in [-0.25, -0.2) is 0 Å². The van der Waals surface area contributed by atoms with Crippen LogP contribution < -0.4 is 0 Å². The average Bonchev–Trinajstić information content (AvgIpc) is 3.54. The molecule has 2 atom stereocenters. The molecule has 2 rings (SSSR count). The Kier molecular flexibility index (Phi) is 27.5. The Labute approximate surface area is 304 Å². The van der Waals surface area contributed by atoms with Gasteiger partial charge in [-0.1, -0.05) is 140 Å². The van der Waals surface area contributed by atoms with Crippen molar-refractivity contribution < 1.29 is 9.84 Å². The van der Waals surface area contributed by atoms with Crippen LogP contribution in [0.4, 0.5) is 0 Å². The lowest BCUT2D eigenvalue weighted by molar-refractivity contribution is -0.236. The van der Waals surface area contributed by atoms with Crippen LogP contribution >= 0.6 is 0 Å². The van der Waals surface area contributed by atoms with Crippen molar-refractivity contribution in [3.05, 3.63) is 66.5 Å². The second-order valence-corrected chi connectivity index (χ2v) is 14.9. The predicted octanol–water partition coefficient (Wildman–Crippen LogP) is 13.2. The lowest BCUT2D eigenvalue weighted by atomic mass is 9.98. The number of pyridine rings is 1. The summed E-state index contributed by atoms with van der Waals surface area (Å²) in [4.78, 5) is 6.62. The first-order valence-corrected chi connectivity index (χ1v) is 21.1. The molecule has 280 valence electrons. The second-order valence-electron chi connectivity index (χ2n) is 14.9. The maximum absolute atomic E-state index is 11.8. The highest BCUT2D eigenvalue weighted by Crippen LogP contribution is 2.29. The molecular weight excluding hydrogens is 601 g/mol. The molecule has 1 N–H and O–H groups in total. The number of aromatic nitrogens is 1. The zero-order valence-electron chi connectivity index (χ0n) is 32.3.